The van der Waals surface area contributed by atoms with E-state index in [9.17, 15) is 4.79 Å². The Labute approximate surface area is 148 Å². The quantitative estimate of drug-likeness (QED) is 0.743. The van der Waals surface area contributed by atoms with Crippen LogP contribution in [0.1, 0.15) is 20.3 Å². The number of amides is 1. The van der Waals surface area contributed by atoms with Crippen LogP contribution >= 0.6 is 0 Å². The summed E-state index contributed by atoms with van der Waals surface area (Å²) in [5.41, 5.74) is 0.695. The van der Waals surface area contributed by atoms with E-state index in [-0.39, 0.29) is 12.5 Å². The van der Waals surface area contributed by atoms with Gasteiger partial charge in [-0.15, -0.1) is 0 Å². The summed E-state index contributed by atoms with van der Waals surface area (Å²) < 4.78 is 16.3. The molecule has 2 aromatic rings. The Morgan fingerprint density at radius 3 is 2.32 bits per heavy atom. The molecule has 0 saturated heterocycles. The van der Waals surface area contributed by atoms with Crippen LogP contribution < -0.4 is 19.5 Å². The van der Waals surface area contributed by atoms with Crippen molar-refractivity contribution in [2.45, 2.75) is 20.3 Å². The molecule has 0 aliphatic rings. The van der Waals surface area contributed by atoms with E-state index >= 15 is 0 Å². The second-order valence-corrected chi connectivity index (χ2v) is 6.07. The molecule has 0 saturated carbocycles. The molecule has 0 atom stereocenters. The van der Waals surface area contributed by atoms with E-state index in [4.69, 9.17) is 14.2 Å². The number of carbonyl (C=O) groups is 1. The molecule has 0 bridgehead atoms. The van der Waals surface area contributed by atoms with Crippen LogP contribution in [0.3, 0.4) is 0 Å². The van der Waals surface area contributed by atoms with E-state index in [1.165, 1.54) is 0 Å². The number of ether oxygens (including phenoxy) is 3. The third kappa shape index (κ3) is 6.75. The van der Waals surface area contributed by atoms with Crippen LogP contribution in [-0.4, -0.2) is 26.2 Å². The number of nitrogens with one attached hydrogen (secondary N) is 1. The fraction of sp³-hybridized carbons (Fsp3) is 0.350. The minimum Gasteiger partial charge on any atom is -0.497 e. The first-order valence-corrected chi connectivity index (χ1v) is 8.36. The number of anilines is 1. The standard InChI is InChI=1S/C20H25NO4/c1-15(2)11-12-24-18-5-4-6-19(13-18)25-14-20(22)21-16-7-9-17(23-3)10-8-16/h4-10,13,15H,11-12,14H2,1-3H3,(H,21,22). The third-order valence-corrected chi connectivity index (χ3v) is 3.51. The zero-order chi connectivity index (χ0) is 18.1. The van der Waals surface area contributed by atoms with E-state index in [1.54, 1.807) is 43.5 Å². The summed E-state index contributed by atoms with van der Waals surface area (Å²) in [5.74, 6) is 2.46. The van der Waals surface area contributed by atoms with Gasteiger partial charge in [-0.1, -0.05) is 19.9 Å². The summed E-state index contributed by atoms with van der Waals surface area (Å²) in [4.78, 5) is 12.0. The number of rotatable bonds is 9. The Morgan fingerprint density at radius 2 is 1.68 bits per heavy atom. The van der Waals surface area contributed by atoms with Gasteiger partial charge in [0, 0.05) is 11.8 Å². The lowest BCUT2D eigenvalue weighted by atomic mass is 10.1. The number of carbonyl (C=O) groups excluding carboxylic acids is 1. The summed E-state index contributed by atoms with van der Waals surface area (Å²) in [5, 5.41) is 2.77. The van der Waals surface area contributed by atoms with Crippen LogP contribution in [0.15, 0.2) is 48.5 Å². The van der Waals surface area contributed by atoms with Crippen LogP contribution in [-0.2, 0) is 4.79 Å². The Hall–Kier alpha value is -2.69. The monoisotopic (exact) mass is 343 g/mol. The van der Waals surface area contributed by atoms with E-state index in [0.29, 0.717) is 24.0 Å². The van der Waals surface area contributed by atoms with Gasteiger partial charge in [-0.05, 0) is 48.7 Å². The Bertz CT molecular complexity index is 668. The van der Waals surface area contributed by atoms with Gasteiger partial charge in [-0.3, -0.25) is 4.79 Å². The Kier molecular flexibility index (Phi) is 7.14. The summed E-state index contributed by atoms with van der Waals surface area (Å²) in [7, 11) is 1.60. The molecule has 25 heavy (non-hydrogen) atoms. The predicted octanol–water partition coefficient (Wildman–Crippen LogP) is 4.14. The molecule has 134 valence electrons. The first kappa shape index (κ1) is 18.6. The molecule has 0 aromatic heterocycles. The van der Waals surface area contributed by atoms with Crippen LogP contribution in [0, 0.1) is 5.92 Å². The second-order valence-electron chi connectivity index (χ2n) is 6.07. The molecule has 2 rings (SSSR count). The lowest BCUT2D eigenvalue weighted by molar-refractivity contribution is -0.118. The summed E-state index contributed by atoms with van der Waals surface area (Å²) in [6.45, 7) is 4.91. The molecule has 0 spiro atoms. The topological polar surface area (TPSA) is 56.8 Å². The van der Waals surface area contributed by atoms with Crippen LogP contribution in [0.4, 0.5) is 5.69 Å². The summed E-state index contributed by atoms with van der Waals surface area (Å²) in [6, 6.07) is 14.5. The predicted molar refractivity (Wildman–Crippen MR) is 98.5 cm³/mol. The largest absolute Gasteiger partial charge is 0.497 e. The molecule has 0 fully saturated rings. The molecule has 0 aliphatic heterocycles. The highest BCUT2D eigenvalue weighted by Crippen LogP contribution is 2.20. The molecule has 0 aliphatic carbocycles. The maximum Gasteiger partial charge on any atom is 0.262 e. The van der Waals surface area contributed by atoms with E-state index in [0.717, 1.165) is 17.9 Å². The molecular weight excluding hydrogens is 318 g/mol. The normalized spacial score (nSPS) is 10.4. The van der Waals surface area contributed by atoms with Gasteiger partial charge >= 0.3 is 0 Å². The van der Waals surface area contributed by atoms with Gasteiger partial charge in [0.1, 0.15) is 17.2 Å². The summed E-state index contributed by atoms with van der Waals surface area (Å²) in [6.07, 6.45) is 0.995. The molecule has 0 unspecified atom stereocenters. The molecule has 2 aromatic carbocycles. The van der Waals surface area contributed by atoms with E-state index < -0.39 is 0 Å². The fourth-order valence-electron chi connectivity index (χ4n) is 2.09. The molecule has 1 amide bonds. The van der Waals surface area contributed by atoms with Gasteiger partial charge in [0.25, 0.3) is 5.91 Å². The molecular formula is C20H25NO4. The van der Waals surface area contributed by atoms with Crippen molar-refractivity contribution in [2.75, 3.05) is 25.6 Å². The number of benzene rings is 2. The summed E-state index contributed by atoms with van der Waals surface area (Å²) >= 11 is 0. The zero-order valence-electron chi connectivity index (χ0n) is 15.0. The maximum atomic E-state index is 12.0. The molecule has 0 heterocycles. The van der Waals surface area contributed by atoms with Crippen molar-refractivity contribution < 1.29 is 19.0 Å². The van der Waals surface area contributed by atoms with Crippen molar-refractivity contribution in [3.63, 3.8) is 0 Å². The first-order valence-electron chi connectivity index (χ1n) is 8.36. The Morgan fingerprint density at radius 1 is 1.00 bits per heavy atom. The molecule has 0 radical (unpaired) electrons. The zero-order valence-corrected chi connectivity index (χ0v) is 15.0. The number of hydrogen-bond donors (Lipinski definition) is 1. The van der Waals surface area contributed by atoms with Gasteiger partial charge in [0.2, 0.25) is 0 Å². The van der Waals surface area contributed by atoms with Crippen LogP contribution in [0.2, 0.25) is 0 Å². The average molecular weight is 343 g/mol. The van der Waals surface area contributed by atoms with Crippen molar-refractivity contribution >= 4 is 11.6 Å². The van der Waals surface area contributed by atoms with Crippen molar-refractivity contribution in [3.05, 3.63) is 48.5 Å². The van der Waals surface area contributed by atoms with Crippen LogP contribution in [0.5, 0.6) is 17.2 Å². The van der Waals surface area contributed by atoms with Crippen LogP contribution in [0.25, 0.3) is 0 Å². The lowest BCUT2D eigenvalue weighted by Gasteiger charge is -2.11. The average Bonchev–Trinajstić information content (AvgIpc) is 2.61. The number of methoxy groups -OCH3 is 1. The first-order chi connectivity index (χ1) is 12.1. The minimum absolute atomic E-state index is 0.0680. The number of hydrogen-bond acceptors (Lipinski definition) is 4. The maximum absolute atomic E-state index is 12.0. The highest BCUT2D eigenvalue weighted by Gasteiger charge is 2.05. The molecule has 5 heteroatoms. The van der Waals surface area contributed by atoms with Gasteiger partial charge in [-0.25, -0.2) is 0 Å². The van der Waals surface area contributed by atoms with Crippen molar-refractivity contribution in [3.8, 4) is 17.2 Å². The molecule has 1 N–H and O–H groups in total. The SMILES string of the molecule is COc1ccc(NC(=O)COc2cccc(OCCC(C)C)c2)cc1. The van der Waals surface area contributed by atoms with E-state index in [1.807, 2.05) is 12.1 Å². The van der Waals surface area contributed by atoms with Crippen molar-refractivity contribution in [2.24, 2.45) is 5.92 Å². The second kappa shape index (κ2) is 9.57. The van der Waals surface area contributed by atoms with Gasteiger partial charge in [-0.2, -0.15) is 0 Å². The van der Waals surface area contributed by atoms with E-state index in [2.05, 4.69) is 19.2 Å². The van der Waals surface area contributed by atoms with Gasteiger partial charge in [0.15, 0.2) is 6.61 Å². The van der Waals surface area contributed by atoms with Gasteiger partial charge in [0.05, 0.1) is 13.7 Å². The van der Waals surface area contributed by atoms with Crippen molar-refractivity contribution in [1.29, 1.82) is 0 Å². The highest BCUT2D eigenvalue weighted by atomic mass is 16.5. The highest BCUT2D eigenvalue weighted by molar-refractivity contribution is 5.91. The van der Waals surface area contributed by atoms with Crippen molar-refractivity contribution in [1.82, 2.24) is 0 Å². The molecule has 5 nitrogen and oxygen atoms in total. The Balaban J connectivity index is 1.80. The lowest BCUT2D eigenvalue weighted by Crippen LogP contribution is -2.20. The minimum atomic E-state index is -0.226. The fourth-order valence-corrected chi connectivity index (χ4v) is 2.09. The third-order valence-electron chi connectivity index (χ3n) is 3.51. The van der Waals surface area contributed by atoms with Gasteiger partial charge < -0.3 is 19.5 Å². The smallest absolute Gasteiger partial charge is 0.262 e.